The molecular formula is C21H26N2OS. The van der Waals surface area contributed by atoms with Gasteiger partial charge in [0.2, 0.25) is 5.91 Å². The van der Waals surface area contributed by atoms with Gasteiger partial charge in [-0.1, -0.05) is 6.42 Å². The molecule has 0 aliphatic heterocycles. The van der Waals surface area contributed by atoms with Gasteiger partial charge in [0.15, 0.2) is 0 Å². The van der Waals surface area contributed by atoms with Gasteiger partial charge in [0.05, 0.1) is 11.0 Å². The molecule has 1 aromatic heterocycles. The molecule has 1 aromatic rings. The van der Waals surface area contributed by atoms with E-state index in [9.17, 15) is 10.1 Å². The fourth-order valence-electron chi connectivity index (χ4n) is 6.57. The molecule has 5 aliphatic rings. The lowest BCUT2D eigenvalue weighted by Gasteiger charge is -2.55. The Labute approximate surface area is 153 Å². The Bertz CT molecular complexity index is 721. The number of hydrogen-bond acceptors (Lipinski definition) is 3. The Morgan fingerprint density at radius 3 is 2.32 bits per heavy atom. The molecule has 4 fully saturated rings. The second kappa shape index (κ2) is 5.84. The maximum Gasteiger partial charge on any atom is 0.231 e. The van der Waals surface area contributed by atoms with Gasteiger partial charge >= 0.3 is 0 Å². The molecule has 0 aromatic carbocycles. The summed E-state index contributed by atoms with van der Waals surface area (Å²) in [4.78, 5) is 14.6. The van der Waals surface area contributed by atoms with Gasteiger partial charge in [-0.05, 0) is 87.5 Å². The number of carbonyl (C=O) groups excluding carboxylic acids is 1. The Kier molecular flexibility index (Phi) is 3.71. The summed E-state index contributed by atoms with van der Waals surface area (Å²) in [6, 6.07) is 2.41. The number of nitriles is 1. The van der Waals surface area contributed by atoms with Crippen LogP contribution in [-0.4, -0.2) is 5.91 Å². The number of carbonyl (C=O) groups is 1. The predicted octanol–water partition coefficient (Wildman–Crippen LogP) is 5.04. The number of rotatable bonds is 2. The zero-order valence-corrected chi connectivity index (χ0v) is 15.6. The lowest BCUT2D eigenvalue weighted by molar-refractivity contribution is -0.140. The molecule has 5 aliphatic carbocycles. The molecular weight excluding hydrogens is 328 g/mol. The molecule has 0 spiro atoms. The van der Waals surface area contributed by atoms with Gasteiger partial charge in [0.1, 0.15) is 11.1 Å². The molecule has 4 bridgehead atoms. The number of nitrogens with zero attached hydrogens (tertiary/aromatic N) is 1. The van der Waals surface area contributed by atoms with Crippen molar-refractivity contribution in [2.45, 2.75) is 70.6 Å². The summed E-state index contributed by atoms with van der Waals surface area (Å²) in [5.74, 6) is 2.53. The highest BCUT2D eigenvalue weighted by Gasteiger charge is 2.54. The number of fused-ring (bicyclic) bond motifs is 1. The van der Waals surface area contributed by atoms with Crippen LogP contribution in [0.3, 0.4) is 0 Å². The van der Waals surface area contributed by atoms with E-state index in [0.717, 1.165) is 60.4 Å². The Balaban J connectivity index is 1.42. The number of thiophene rings is 1. The summed E-state index contributed by atoms with van der Waals surface area (Å²) in [6.45, 7) is 0. The summed E-state index contributed by atoms with van der Waals surface area (Å²) in [5, 5.41) is 13.8. The van der Waals surface area contributed by atoms with Crippen molar-refractivity contribution in [2.75, 3.05) is 5.32 Å². The van der Waals surface area contributed by atoms with Crippen LogP contribution in [0.2, 0.25) is 0 Å². The summed E-state index contributed by atoms with van der Waals surface area (Å²) < 4.78 is 0. The molecule has 0 radical (unpaired) electrons. The summed E-state index contributed by atoms with van der Waals surface area (Å²) >= 11 is 1.68. The fraction of sp³-hybridized carbons (Fsp3) is 0.714. The third-order valence-corrected chi connectivity index (χ3v) is 8.49. The fourth-order valence-corrected chi connectivity index (χ4v) is 7.81. The predicted molar refractivity (Wildman–Crippen MR) is 99.5 cm³/mol. The van der Waals surface area contributed by atoms with Gasteiger partial charge in [-0.3, -0.25) is 4.79 Å². The lowest BCUT2D eigenvalue weighted by atomic mass is 9.49. The van der Waals surface area contributed by atoms with Crippen molar-refractivity contribution in [1.29, 1.82) is 5.26 Å². The molecule has 1 heterocycles. The van der Waals surface area contributed by atoms with E-state index >= 15 is 0 Å². The summed E-state index contributed by atoms with van der Waals surface area (Å²) in [5.41, 5.74) is 1.86. The number of amides is 1. The molecule has 4 saturated carbocycles. The summed E-state index contributed by atoms with van der Waals surface area (Å²) in [6.07, 6.45) is 13.0. The van der Waals surface area contributed by atoms with Gasteiger partial charge in [-0.2, -0.15) is 5.26 Å². The van der Waals surface area contributed by atoms with Crippen LogP contribution in [0, 0.1) is 34.5 Å². The van der Waals surface area contributed by atoms with Crippen molar-refractivity contribution in [3.05, 3.63) is 16.0 Å². The average Bonchev–Trinajstić information content (AvgIpc) is 2.73. The molecule has 6 rings (SSSR count). The van der Waals surface area contributed by atoms with Crippen LogP contribution in [-0.2, 0) is 17.6 Å². The van der Waals surface area contributed by atoms with Crippen molar-refractivity contribution in [3.8, 4) is 6.07 Å². The molecule has 4 heteroatoms. The van der Waals surface area contributed by atoms with Gasteiger partial charge in [-0.25, -0.2) is 0 Å². The van der Waals surface area contributed by atoms with Crippen LogP contribution < -0.4 is 5.32 Å². The Morgan fingerprint density at radius 2 is 1.68 bits per heavy atom. The smallest absolute Gasteiger partial charge is 0.231 e. The second-order valence-corrected chi connectivity index (χ2v) is 10.1. The lowest BCUT2D eigenvalue weighted by Crippen LogP contribution is -2.51. The van der Waals surface area contributed by atoms with Gasteiger partial charge in [0, 0.05) is 4.88 Å². The first-order valence-electron chi connectivity index (χ1n) is 10.0. The molecule has 1 amide bonds. The average molecular weight is 355 g/mol. The van der Waals surface area contributed by atoms with Crippen molar-refractivity contribution < 1.29 is 4.79 Å². The maximum atomic E-state index is 13.3. The van der Waals surface area contributed by atoms with Crippen LogP contribution in [0.1, 0.15) is 73.8 Å². The maximum absolute atomic E-state index is 13.3. The minimum atomic E-state index is -0.136. The zero-order valence-electron chi connectivity index (χ0n) is 14.8. The van der Waals surface area contributed by atoms with Crippen LogP contribution in [0.4, 0.5) is 5.00 Å². The van der Waals surface area contributed by atoms with Crippen LogP contribution >= 0.6 is 11.3 Å². The van der Waals surface area contributed by atoms with E-state index < -0.39 is 0 Å². The van der Waals surface area contributed by atoms with Crippen LogP contribution in [0.5, 0.6) is 0 Å². The topological polar surface area (TPSA) is 52.9 Å². The van der Waals surface area contributed by atoms with E-state index in [-0.39, 0.29) is 11.3 Å². The van der Waals surface area contributed by atoms with Crippen molar-refractivity contribution in [1.82, 2.24) is 0 Å². The quantitative estimate of drug-likeness (QED) is 0.756. The highest BCUT2D eigenvalue weighted by Crippen LogP contribution is 2.60. The minimum Gasteiger partial charge on any atom is -0.316 e. The van der Waals surface area contributed by atoms with Gasteiger partial charge < -0.3 is 5.32 Å². The first-order valence-corrected chi connectivity index (χ1v) is 10.8. The van der Waals surface area contributed by atoms with Crippen LogP contribution in [0.25, 0.3) is 0 Å². The molecule has 1 N–H and O–H groups in total. The molecule has 0 atom stereocenters. The van der Waals surface area contributed by atoms with Gasteiger partial charge in [-0.15, -0.1) is 11.3 Å². The highest BCUT2D eigenvalue weighted by molar-refractivity contribution is 7.16. The van der Waals surface area contributed by atoms with E-state index in [1.807, 2.05) is 0 Å². The van der Waals surface area contributed by atoms with Gasteiger partial charge in [0.25, 0.3) is 0 Å². The third-order valence-electron chi connectivity index (χ3n) is 7.28. The highest BCUT2D eigenvalue weighted by atomic mass is 32.1. The van der Waals surface area contributed by atoms with E-state index in [1.54, 1.807) is 11.3 Å². The minimum absolute atomic E-state index is 0.136. The van der Waals surface area contributed by atoms with E-state index in [2.05, 4.69) is 11.4 Å². The first kappa shape index (κ1) is 15.9. The van der Waals surface area contributed by atoms with E-state index in [4.69, 9.17) is 0 Å². The largest absolute Gasteiger partial charge is 0.316 e. The third kappa shape index (κ3) is 2.54. The SMILES string of the molecule is N#Cc1c(NC(=O)C23CC4CC(CC(C4)C2)C3)sc2c1CCCCC2. The normalized spacial score (nSPS) is 35.7. The van der Waals surface area contributed by atoms with Crippen molar-refractivity contribution in [2.24, 2.45) is 23.2 Å². The van der Waals surface area contributed by atoms with Crippen LogP contribution in [0.15, 0.2) is 0 Å². The Morgan fingerprint density at radius 1 is 1.04 bits per heavy atom. The molecule has 25 heavy (non-hydrogen) atoms. The standard InChI is InChI=1S/C21H26N2OS/c22-12-17-16-4-2-1-3-5-18(16)25-19(17)23-20(24)21-9-13-6-14(10-21)8-15(7-13)11-21/h13-15H,1-11H2,(H,23,24). The van der Waals surface area contributed by atoms with Crippen molar-refractivity contribution in [3.63, 3.8) is 0 Å². The first-order chi connectivity index (χ1) is 12.2. The monoisotopic (exact) mass is 354 g/mol. The number of aryl methyl sites for hydroxylation is 1. The number of hydrogen-bond donors (Lipinski definition) is 1. The summed E-state index contributed by atoms with van der Waals surface area (Å²) in [7, 11) is 0. The van der Waals surface area contributed by atoms with Crippen molar-refractivity contribution >= 4 is 22.2 Å². The zero-order chi connectivity index (χ0) is 17.0. The number of nitrogens with one attached hydrogen (secondary N) is 1. The Hall–Kier alpha value is -1.34. The molecule has 3 nitrogen and oxygen atoms in total. The molecule has 132 valence electrons. The number of anilines is 1. The van der Waals surface area contributed by atoms with E-state index in [0.29, 0.717) is 0 Å². The molecule has 0 saturated heterocycles. The molecule has 0 unspecified atom stereocenters. The second-order valence-electron chi connectivity index (χ2n) is 9.03. The van der Waals surface area contributed by atoms with E-state index in [1.165, 1.54) is 49.0 Å².